The number of aryl methyl sites for hydroxylation is 1. The van der Waals surface area contributed by atoms with Crippen molar-refractivity contribution in [3.63, 3.8) is 0 Å². The molecular formula is C18H30N2O. The zero-order valence-electron chi connectivity index (χ0n) is 13.6. The molecule has 0 saturated heterocycles. The lowest BCUT2D eigenvalue weighted by atomic mass is 9.95. The number of hydrogen-bond acceptors (Lipinski definition) is 2. The lowest BCUT2D eigenvalue weighted by molar-refractivity contribution is 0.422. The van der Waals surface area contributed by atoms with Crippen molar-refractivity contribution in [3.8, 4) is 0 Å². The van der Waals surface area contributed by atoms with Gasteiger partial charge in [0, 0.05) is 24.8 Å². The standard InChI is InChI=1S/C18H30N2O/c1-3-6-15-7-5-8-16(10-9-15)19-17-11-12-18(21)20(14-17)13-4-2/h11-12,14-16,19H,3-10,13H2,1-2H3. The van der Waals surface area contributed by atoms with Gasteiger partial charge in [0.2, 0.25) is 0 Å². The fourth-order valence-electron chi connectivity index (χ4n) is 3.49. The minimum Gasteiger partial charge on any atom is -0.381 e. The summed E-state index contributed by atoms with van der Waals surface area (Å²) in [5.74, 6) is 0.927. The fourth-order valence-corrected chi connectivity index (χ4v) is 3.49. The monoisotopic (exact) mass is 290 g/mol. The third-order valence-corrected chi connectivity index (χ3v) is 4.60. The van der Waals surface area contributed by atoms with E-state index in [1.54, 1.807) is 6.07 Å². The normalized spacial score (nSPS) is 22.8. The molecule has 1 aliphatic carbocycles. The summed E-state index contributed by atoms with van der Waals surface area (Å²) in [7, 11) is 0. The van der Waals surface area contributed by atoms with Crippen LogP contribution in [0.1, 0.15) is 65.2 Å². The van der Waals surface area contributed by atoms with E-state index in [4.69, 9.17) is 0 Å². The molecule has 3 heteroatoms. The molecule has 1 aromatic rings. The van der Waals surface area contributed by atoms with Crippen LogP contribution in [0.5, 0.6) is 0 Å². The Morgan fingerprint density at radius 2 is 2.00 bits per heavy atom. The summed E-state index contributed by atoms with van der Waals surface area (Å²) in [6.07, 6.45) is 12.3. The topological polar surface area (TPSA) is 34.0 Å². The van der Waals surface area contributed by atoms with Crippen molar-refractivity contribution in [1.82, 2.24) is 4.57 Å². The molecule has 3 nitrogen and oxygen atoms in total. The second kappa shape index (κ2) is 8.26. The molecule has 1 aromatic heterocycles. The Labute approximate surface area is 128 Å². The molecule has 2 atom stereocenters. The average Bonchev–Trinajstić information content (AvgIpc) is 2.69. The molecule has 21 heavy (non-hydrogen) atoms. The molecule has 0 spiro atoms. The predicted octanol–water partition coefficient (Wildman–Crippen LogP) is 4.42. The largest absolute Gasteiger partial charge is 0.381 e. The molecule has 1 aliphatic rings. The van der Waals surface area contributed by atoms with Gasteiger partial charge in [-0.1, -0.05) is 39.5 Å². The van der Waals surface area contributed by atoms with Gasteiger partial charge in [-0.15, -0.1) is 0 Å². The van der Waals surface area contributed by atoms with Crippen LogP contribution in [0.4, 0.5) is 5.69 Å². The maximum absolute atomic E-state index is 11.8. The van der Waals surface area contributed by atoms with Gasteiger partial charge in [0.05, 0.1) is 5.69 Å². The highest BCUT2D eigenvalue weighted by Crippen LogP contribution is 2.28. The van der Waals surface area contributed by atoms with E-state index in [1.807, 2.05) is 16.8 Å². The van der Waals surface area contributed by atoms with E-state index in [0.29, 0.717) is 6.04 Å². The SMILES string of the molecule is CCCC1CCCC(Nc2ccc(=O)n(CCC)c2)CC1. The van der Waals surface area contributed by atoms with Crippen LogP contribution in [0.25, 0.3) is 0 Å². The molecular weight excluding hydrogens is 260 g/mol. The molecule has 0 aromatic carbocycles. The molecule has 0 radical (unpaired) electrons. The summed E-state index contributed by atoms with van der Waals surface area (Å²) in [5.41, 5.74) is 1.20. The maximum atomic E-state index is 11.8. The highest BCUT2D eigenvalue weighted by atomic mass is 16.1. The molecule has 118 valence electrons. The summed E-state index contributed by atoms with van der Waals surface area (Å²) in [6, 6.07) is 4.19. The van der Waals surface area contributed by atoms with Gasteiger partial charge < -0.3 is 9.88 Å². The van der Waals surface area contributed by atoms with Crippen molar-refractivity contribution in [2.45, 2.75) is 77.8 Å². The third kappa shape index (κ3) is 4.90. The van der Waals surface area contributed by atoms with E-state index >= 15 is 0 Å². The van der Waals surface area contributed by atoms with Gasteiger partial charge in [-0.3, -0.25) is 4.79 Å². The van der Waals surface area contributed by atoms with E-state index in [0.717, 1.165) is 24.6 Å². The molecule has 2 unspecified atom stereocenters. The number of nitrogens with zero attached hydrogens (tertiary/aromatic N) is 1. The van der Waals surface area contributed by atoms with E-state index in [2.05, 4.69) is 19.2 Å². The summed E-state index contributed by atoms with van der Waals surface area (Å²) < 4.78 is 1.82. The first-order chi connectivity index (χ1) is 10.2. The Hall–Kier alpha value is -1.25. The Morgan fingerprint density at radius 3 is 2.76 bits per heavy atom. The molecule has 1 fully saturated rings. The van der Waals surface area contributed by atoms with Gasteiger partial charge in [-0.2, -0.15) is 0 Å². The van der Waals surface area contributed by atoms with Crippen molar-refractivity contribution >= 4 is 5.69 Å². The minimum absolute atomic E-state index is 0.103. The maximum Gasteiger partial charge on any atom is 0.250 e. The number of nitrogens with one attached hydrogen (secondary N) is 1. The van der Waals surface area contributed by atoms with Gasteiger partial charge in [-0.25, -0.2) is 0 Å². The zero-order valence-corrected chi connectivity index (χ0v) is 13.6. The summed E-state index contributed by atoms with van der Waals surface area (Å²) in [5, 5.41) is 3.65. The van der Waals surface area contributed by atoms with Crippen molar-refractivity contribution in [1.29, 1.82) is 0 Å². The second-order valence-corrected chi connectivity index (χ2v) is 6.45. The first kappa shape index (κ1) is 16.1. The molecule has 1 heterocycles. The number of rotatable bonds is 6. The Bertz CT molecular complexity index is 480. The third-order valence-electron chi connectivity index (χ3n) is 4.60. The van der Waals surface area contributed by atoms with E-state index in [1.165, 1.54) is 44.9 Å². The van der Waals surface area contributed by atoms with Crippen LogP contribution in [0.3, 0.4) is 0 Å². The number of hydrogen-bond donors (Lipinski definition) is 1. The zero-order chi connectivity index (χ0) is 15.1. The van der Waals surface area contributed by atoms with Crippen LogP contribution in [-0.4, -0.2) is 10.6 Å². The average molecular weight is 290 g/mol. The van der Waals surface area contributed by atoms with Gasteiger partial charge >= 0.3 is 0 Å². The molecule has 0 amide bonds. The smallest absolute Gasteiger partial charge is 0.250 e. The van der Waals surface area contributed by atoms with Gasteiger partial charge in [0.25, 0.3) is 5.56 Å². The summed E-state index contributed by atoms with van der Waals surface area (Å²) in [6.45, 7) is 5.20. The van der Waals surface area contributed by atoms with Crippen LogP contribution in [0.15, 0.2) is 23.1 Å². The van der Waals surface area contributed by atoms with Crippen LogP contribution >= 0.6 is 0 Å². The molecule has 2 rings (SSSR count). The highest BCUT2D eigenvalue weighted by molar-refractivity contribution is 5.41. The number of pyridine rings is 1. The quantitative estimate of drug-likeness (QED) is 0.787. The fraction of sp³-hybridized carbons (Fsp3) is 0.722. The predicted molar refractivity (Wildman–Crippen MR) is 89.9 cm³/mol. The van der Waals surface area contributed by atoms with E-state index < -0.39 is 0 Å². The van der Waals surface area contributed by atoms with Crippen molar-refractivity contribution in [3.05, 3.63) is 28.7 Å². The van der Waals surface area contributed by atoms with Crippen molar-refractivity contribution in [2.75, 3.05) is 5.32 Å². The minimum atomic E-state index is 0.103. The first-order valence-electron chi connectivity index (χ1n) is 8.70. The number of aromatic nitrogens is 1. The molecule has 0 bridgehead atoms. The van der Waals surface area contributed by atoms with Crippen LogP contribution in [0, 0.1) is 5.92 Å². The second-order valence-electron chi connectivity index (χ2n) is 6.45. The van der Waals surface area contributed by atoms with Crippen LogP contribution in [-0.2, 0) is 6.54 Å². The van der Waals surface area contributed by atoms with Gasteiger partial charge in [-0.05, 0) is 37.7 Å². The van der Waals surface area contributed by atoms with Crippen molar-refractivity contribution < 1.29 is 0 Å². The Morgan fingerprint density at radius 1 is 1.14 bits per heavy atom. The van der Waals surface area contributed by atoms with Crippen molar-refractivity contribution in [2.24, 2.45) is 5.92 Å². The number of anilines is 1. The van der Waals surface area contributed by atoms with Gasteiger partial charge in [0.15, 0.2) is 0 Å². The summed E-state index contributed by atoms with van der Waals surface area (Å²) in [4.78, 5) is 11.8. The van der Waals surface area contributed by atoms with E-state index in [9.17, 15) is 4.79 Å². The summed E-state index contributed by atoms with van der Waals surface area (Å²) >= 11 is 0. The Kier molecular flexibility index (Phi) is 6.34. The highest BCUT2D eigenvalue weighted by Gasteiger charge is 2.18. The lowest BCUT2D eigenvalue weighted by Gasteiger charge is -2.19. The molecule has 1 N–H and O–H groups in total. The first-order valence-corrected chi connectivity index (χ1v) is 8.70. The Balaban J connectivity index is 1.95. The molecule has 0 aliphatic heterocycles. The molecule has 1 saturated carbocycles. The van der Waals surface area contributed by atoms with Crippen LogP contribution < -0.4 is 10.9 Å². The van der Waals surface area contributed by atoms with Crippen LogP contribution in [0.2, 0.25) is 0 Å². The lowest BCUT2D eigenvalue weighted by Crippen LogP contribution is -2.22. The van der Waals surface area contributed by atoms with Gasteiger partial charge in [0.1, 0.15) is 0 Å². The van der Waals surface area contributed by atoms with E-state index in [-0.39, 0.29) is 5.56 Å².